The first-order valence-electron chi connectivity index (χ1n) is 8.68. The molecule has 0 unspecified atom stereocenters. The zero-order valence-corrected chi connectivity index (χ0v) is 15.9. The Hall–Kier alpha value is -1.51. The zero-order chi connectivity index (χ0) is 17.7. The molecule has 0 amide bonds. The Morgan fingerprint density at radius 2 is 1.88 bits per heavy atom. The number of nitrogens with zero attached hydrogens (tertiary/aromatic N) is 2. The van der Waals surface area contributed by atoms with E-state index in [0.29, 0.717) is 18.5 Å². The molecule has 0 radical (unpaired) electrons. The number of sulfonamides is 1. The highest BCUT2D eigenvalue weighted by Crippen LogP contribution is 2.28. The van der Waals surface area contributed by atoms with E-state index in [-0.39, 0.29) is 5.75 Å². The maximum Gasteiger partial charge on any atom is 0.211 e. The van der Waals surface area contributed by atoms with Gasteiger partial charge in [-0.15, -0.1) is 0 Å². The van der Waals surface area contributed by atoms with Gasteiger partial charge in [0.25, 0.3) is 0 Å². The predicted molar refractivity (Wildman–Crippen MR) is 102 cm³/mol. The lowest BCUT2D eigenvalue weighted by molar-refractivity contribution is 0.337. The van der Waals surface area contributed by atoms with Crippen LogP contribution >= 0.6 is 11.5 Å². The zero-order valence-electron chi connectivity index (χ0n) is 14.3. The van der Waals surface area contributed by atoms with Crippen LogP contribution in [-0.2, 0) is 10.0 Å². The van der Waals surface area contributed by atoms with Crippen molar-refractivity contribution in [3.8, 4) is 11.4 Å². The molecular weight excluding hydrogens is 356 g/mol. The van der Waals surface area contributed by atoms with Crippen LogP contribution in [0.3, 0.4) is 0 Å². The van der Waals surface area contributed by atoms with E-state index in [1.54, 1.807) is 6.92 Å². The summed E-state index contributed by atoms with van der Waals surface area (Å²) >= 11 is 1.39. The molecule has 0 spiro atoms. The standard InChI is InChI=1S/C17H24N4O2S2/c1-2-25(22,23)18-12-13-8-10-15(11-9-13)19-17-20-16(21-24-17)14-6-4-3-5-7-14/h3-7,13,15,18H,2,8-12H2,1H3,(H,19,20,21). The molecule has 1 saturated carbocycles. The average molecular weight is 381 g/mol. The van der Waals surface area contributed by atoms with Gasteiger partial charge >= 0.3 is 0 Å². The molecule has 0 saturated heterocycles. The number of benzene rings is 1. The van der Waals surface area contributed by atoms with Gasteiger partial charge in [-0.3, -0.25) is 0 Å². The van der Waals surface area contributed by atoms with Crippen molar-refractivity contribution in [3.63, 3.8) is 0 Å². The minimum absolute atomic E-state index is 0.144. The van der Waals surface area contributed by atoms with Crippen molar-refractivity contribution in [3.05, 3.63) is 30.3 Å². The number of anilines is 1. The predicted octanol–water partition coefficient (Wildman–Crippen LogP) is 3.12. The van der Waals surface area contributed by atoms with Gasteiger partial charge in [-0.25, -0.2) is 13.1 Å². The molecule has 0 atom stereocenters. The molecule has 1 aliphatic carbocycles. The Labute approximate surface area is 153 Å². The lowest BCUT2D eigenvalue weighted by atomic mass is 9.86. The Morgan fingerprint density at radius 1 is 1.16 bits per heavy atom. The van der Waals surface area contributed by atoms with Gasteiger partial charge in [0.2, 0.25) is 15.2 Å². The Bertz CT molecular complexity index is 769. The first-order chi connectivity index (χ1) is 12.1. The van der Waals surface area contributed by atoms with Crippen LogP contribution in [0.5, 0.6) is 0 Å². The van der Waals surface area contributed by atoms with Gasteiger partial charge < -0.3 is 5.32 Å². The summed E-state index contributed by atoms with van der Waals surface area (Å²) in [6.45, 7) is 2.22. The van der Waals surface area contributed by atoms with E-state index < -0.39 is 10.0 Å². The van der Waals surface area contributed by atoms with Crippen LogP contribution in [-0.4, -0.2) is 36.1 Å². The van der Waals surface area contributed by atoms with E-state index in [4.69, 9.17) is 0 Å². The van der Waals surface area contributed by atoms with E-state index in [0.717, 1.165) is 42.2 Å². The van der Waals surface area contributed by atoms with E-state index in [1.165, 1.54) is 11.5 Å². The minimum atomic E-state index is -3.09. The molecule has 0 aliphatic heterocycles. The molecule has 1 aliphatic rings. The molecule has 8 heteroatoms. The third kappa shape index (κ3) is 5.23. The van der Waals surface area contributed by atoms with Crippen LogP contribution in [0.15, 0.2) is 30.3 Å². The molecular formula is C17H24N4O2S2. The lowest BCUT2D eigenvalue weighted by Gasteiger charge is -2.28. The van der Waals surface area contributed by atoms with Crippen molar-refractivity contribution < 1.29 is 8.42 Å². The maximum atomic E-state index is 11.5. The lowest BCUT2D eigenvalue weighted by Crippen LogP contribution is -2.34. The van der Waals surface area contributed by atoms with Crippen molar-refractivity contribution in [2.45, 2.75) is 38.6 Å². The van der Waals surface area contributed by atoms with Crippen molar-refractivity contribution in [1.29, 1.82) is 0 Å². The molecule has 2 aromatic rings. The molecule has 3 rings (SSSR count). The Morgan fingerprint density at radius 3 is 2.56 bits per heavy atom. The summed E-state index contributed by atoms with van der Waals surface area (Å²) in [5.74, 6) is 1.33. The van der Waals surface area contributed by atoms with Gasteiger partial charge in [0.1, 0.15) is 0 Å². The van der Waals surface area contributed by atoms with Crippen molar-refractivity contribution >= 4 is 26.7 Å². The summed E-state index contributed by atoms with van der Waals surface area (Å²) in [5, 5.41) is 4.34. The van der Waals surface area contributed by atoms with E-state index in [1.807, 2.05) is 30.3 Å². The molecule has 2 N–H and O–H groups in total. The highest BCUT2D eigenvalue weighted by atomic mass is 32.2. The monoisotopic (exact) mass is 380 g/mol. The second-order valence-electron chi connectivity index (χ2n) is 6.40. The highest BCUT2D eigenvalue weighted by molar-refractivity contribution is 7.89. The largest absolute Gasteiger partial charge is 0.358 e. The topological polar surface area (TPSA) is 84.0 Å². The van der Waals surface area contributed by atoms with Gasteiger partial charge in [-0.1, -0.05) is 30.3 Å². The van der Waals surface area contributed by atoms with Crippen LogP contribution in [0.2, 0.25) is 0 Å². The van der Waals surface area contributed by atoms with E-state index in [2.05, 4.69) is 19.4 Å². The number of hydrogen-bond donors (Lipinski definition) is 2. The fourth-order valence-electron chi connectivity index (χ4n) is 3.02. The van der Waals surface area contributed by atoms with E-state index in [9.17, 15) is 8.42 Å². The van der Waals surface area contributed by atoms with Gasteiger partial charge in [0, 0.05) is 29.7 Å². The van der Waals surface area contributed by atoms with Crippen molar-refractivity contribution in [1.82, 2.24) is 14.1 Å². The summed E-state index contributed by atoms with van der Waals surface area (Å²) in [6, 6.07) is 10.3. The second-order valence-corrected chi connectivity index (χ2v) is 9.25. The molecule has 1 aromatic heterocycles. The summed E-state index contributed by atoms with van der Waals surface area (Å²) in [7, 11) is -3.09. The van der Waals surface area contributed by atoms with Gasteiger partial charge in [0.05, 0.1) is 5.75 Å². The van der Waals surface area contributed by atoms with Crippen LogP contribution in [0.1, 0.15) is 32.6 Å². The molecule has 1 aromatic carbocycles. The third-order valence-electron chi connectivity index (χ3n) is 4.60. The average Bonchev–Trinajstić information content (AvgIpc) is 3.10. The summed E-state index contributed by atoms with van der Waals surface area (Å²) in [4.78, 5) is 4.58. The summed E-state index contributed by atoms with van der Waals surface area (Å²) in [5.41, 5.74) is 1.03. The quantitative estimate of drug-likeness (QED) is 0.771. The molecule has 0 bridgehead atoms. The normalized spacial score (nSPS) is 21.2. The number of nitrogens with one attached hydrogen (secondary N) is 2. The van der Waals surface area contributed by atoms with Gasteiger partial charge in [-0.05, 0) is 38.5 Å². The third-order valence-corrected chi connectivity index (χ3v) is 6.62. The van der Waals surface area contributed by atoms with Crippen LogP contribution in [0.25, 0.3) is 11.4 Å². The first kappa shape index (κ1) is 18.3. The van der Waals surface area contributed by atoms with Crippen LogP contribution < -0.4 is 10.0 Å². The fraction of sp³-hybridized carbons (Fsp3) is 0.529. The van der Waals surface area contributed by atoms with Crippen LogP contribution in [0, 0.1) is 5.92 Å². The molecule has 1 heterocycles. The van der Waals surface area contributed by atoms with E-state index >= 15 is 0 Å². The summed E-state index contributed by atoms with van der Waals surface area (Å²) < 4.78 is 30.2. The highest BCUT2D eigenvalue weighted by Gasteiger charge is 2.23. The van der Waals surface area contributed by atoms with Crippen molar-refractivity contribution in [2.75, 3.05) is 17.6 Å². The smallest absolute Gasteiger partial charge is 0.211 e. The minimum Gasteiger partial charge on any atom is -0.358 e. The first-order valence-corrected chi connectivity index (χ1v) is 11.1. The molecule has 1 fully saturated rings. The number of aromatic nitrogens is 2. The Balaban J connectivity index is 1.47. The number of rotatable bonds is 7. The SMILES string of the molecule is CCS(=O)(=O)NCC1CCC(Nc2nc(-c3ccccc3)ns2)CC1. The molecule has 136 valence electrons. The molecule has 6 nitrogen and oxygen atoms in total. The van der Waals surface area contributed by atoms with Gasteiger partial charge in [-0.2, -0.15) is 9.36 Å². The fourth-order valence-corrected chi connectivity index (χ4v) is 4.38. The summed E-state index contributed by atoms with van der Waals surface area (Å²) in [6.07, 6.45) is 4.10. The van der Waals surface area contributed by atoms with Crippen molar-refractivity contribution in [2.24, 2.45) is 5.92 Å². The van der Waals surface area contributed by atoms with Gasteiger partial charge in [0.15, 0.2) is 5.82 Å². The Kier molecular flexibility index (Phi) is 6.03. The maximum absolute atomic E-state index is 11.5. The molecule has 25 heavy (non-hydrogen) atoms. The van der Waals surface area contributed by atoms with Crippen LogP contribution in [0.4, 0.5) is 5.13 Å². The second kappa shape index (κ2) is 8.25. The number of hydrogen-bond acceptors (Lipinski definition) is 6.